The Balaban J connectivity index is 1.84. The number of nitrogens with two attached hydrogens (primary N) is 1. The minimum Gasteiger partial charge on any atom is -0.457 e. The summed E-state index contributed by atoms with van der Waals surface area (Å²) in [4.78, 5) is 25.9. The number of carbonyl (C=O) groups is 2. The summed E-state index contributed by atoms with van der Waals surface area (Å²) >= 11 is 5.99. The van der Waals surface area contributed by atoms with Crippen LogP contribution in [0.15, 0.2) is 42.5 Å². The van der Waals surface area contributed by atoms with E-state index in [1.54, 1.807) is 39.0 Å². The molecule has 148 valence electrons. The number of primary amides is 1. The zero-order valence-corrected chi connectivity index (χ0v) is 16.8. The molecule has 1 heterocycles. The van der Waals surface area contributed by atoms with Gasteiger partial charge >= 0.3 is 6.09 Å². The molecule has 0 saturated heterocycles. The Hall–Kier alpha value is -2.73. The normalized spacial score (nSPS) is 16.3. The van der Waals surface area contributed by atoms with Gasteiger partial charge in [-0.05, 0) is 62.2 Å². The van der Waals surface area contributed by atoms with Crippen molar-refractivity contribution >= 4 is 23.6 Å². The lowest BCUT2D eigenvalue weighted by atomic mass is 9.93. The van der Waals surface area contributed by atoms with Crippen LogP contribution < -0.4 is 10.5 Å². The molecule has 1 unspecified atom stereocenters. The van der Waals surface area contributed by atoms with Crippen molar-refractivity contribution in [2.24, 2.45) is 5.73 Å². The molecular formula is C21H23ClN2O4. The lowest BCUT2D eigenvalue weighted by Crippen LogP contribution is -2.52. The number of rotatable bonds is 3. The van der Waals surface area contributed by atoms with Gasteiger partial charge in [-0.15, -0.1) is 0 Å². The average molecular weight is 403 g/mol. The summed E-state index contributed by atoms with van der Waals surface area (Å²) < 4.78 is 11.3. The van der Waals surface area contributed by atoms with Crippen molar-refractivity contribution in [3.05, 3.63) is 58.6 Å². The maximum Gasteiger partial charge on any atom is 0.411 e. The summed E-state index contributed by atoms with van der Waals surface area (Å²) in [5.74, 6) is 0.665. The molecular weight excluding hydrogens is 380 g/mol. The number of carbonyl (C=O) groups excluding carboxylic acids is 2. The SMILES string of the molecule is CC(C)(C)OC(=O)N1Cc2ccc(Oc3cccc(Cl)c3)cc2CC1C(N)=O. The maximum absolute atomic E-state index is 12.5. The van der Waals surface area contributed by atoms with Crippen LogP contribution in [0, 0.1) is 0 Å². The van der Waals surface area contributed by atoms with Crippen molar-refractivity contribution in [2.75, 3.05) is 0 Å². The molecule has 28 heavy (non-hydrogen) atoms. The first kappa shape index (κ1) is 20.0. The van der Waals surface area contributed by atoms with Gasteiger partial charge in [0.25, 0.3) is 0 Å². The van der Waals surface area contributed by atoms with Gasteiger partial charge in [0.1, 0.15) is 23.1 Å². The van der Waals surface area contributed by atoms with E-state index in [0.29, 0.717) is 22.9 Å². The topological polar surface area (TPSA) is 81.9 Å². The molecule has 0 saturated carbocycles. The van der Waals surface area contributed by atoms with Crippen molar-refractivity contribution in [2.45, 2.75) is 45.4 Å². The summed E-state index contributed by atoms with van der Waals surface area (Å²) in [5, 5.41) is 0.581. The summed E-state index contributed by atoms with van der Waals surface area (Å²) in [6, 6.07) is 11.9. The Labute approximate surface area is 169 Å². The summed E-state index contributed by atoms with van der Waals surface area (Å²) in [5.41, 5.74) is 6.73. The van der Waals surface area contributed by atoms with Crippen molar-refractivity contribution < 1.29 is 19.1 Å². The molecule has 1 aliphatic heterocycles. The van der Waals surface area contributed by atoms with Crippen LogP contribution in [0.4, 0.5) is 4.79 Å². The predicted octanol–water partition coefficient (Wildman–Crippen LogP) is 4.28. The molecule has 2 aromatic carbocycles. The fraction of sp³-hybridized carbons (Fsp3) is 0.333. The van der Waals surface area contributed by atoms with E-state index in [0.717, 1.165) is 11.1 Å². The van der Waals surface area contributed by atoms with Crippen LogP contribution in [-0.4, -0.2) is 28.5 Å². The lowest BCUT2D eigenvalue weighted by molar-refractivity contribution is -0.123. The number of halogens is 1. The van der Waals surface area contributed by atoms with Gasteiger partial charge in [-0.3, -0.25) is 9.69 Å². The zero-order chi connectivity index (χ0) is 20.5. The first-order valence-electron chi connectivity index (χ1n) is 8.96. The van der Waals surface area contributed by atoms with Crippen molar-refractivity contribution in [3.63, 3.8) is 0 Å². The molecule has 0 aliphatic carbocycles. The lowest BCUT2D eigenvalue weighted by Gasteiger charge is -2.36. The van der Waals surface area contributed by atoms with Crippen LogP contribution in [-0.2, 0) is 22.5 Å². The molecule has 7 heteroatoms. The molecule has 3 rings (SSSR count). The second-order valence-corrected chi connectivity index (χ2v) is 8.16. The van der Waals surface area contributed by atoms with E-state index >= 15 is 0 Å². The van der Waals surface area contributed by atoms with Gasteiger partial charge in [-0.1, -0.05) is 23.7 Å². The highest BCUT2D eigenvalue weighted by Crippen LogP contribution is 2.31. The third kappa shape index (κ3) is 4.75. The Morgan fingerprint density at radius 2 is 1.82 bits per heavy atom. The van der Waals surface area contributed by atoms with Crippen LogP contribution in [0.1, 0.15) is 31.9 Å². The largest absolute Gasteiger partial charge is 0.457 e. The monoisotopic (exact) mass is 402 g/mol. The van der Waals surface area contributed by atoms with Gasteiger partial charge in [0, 0.05) is 11.4 Å². The van der Waals surface area contributed by atoms with E-state index in [2.05, 4.69) is 0 Å². The minimum atomic E-state index is -0.774. The van der Waals surface area contributed by atoms with Gasteiger partial charge in [-0.25, -0.2) is 4.79 Å². The molecule has 2 aromatic rings. The number of fused-ring (bicyclic) bond motifs is 1. The molecule has 0 aromatic heterocycles. The van der Waals surface area contributed by atoms with Crippen molar-refractivity contribution in [1.82, 2.24) is 4.90 Å². The Morgan fingerprint density at radius 3 is 2.46 bits per heavy atom. The fourth-order valence-corrected chi connectivity index (χ4v) is 3.24. The predicted molar refractivity (Wildman–Crippen MR) is 106 cm³/mol. The highest BCUT2D eigenvalue weighted by atomic mass is 35.5. The zero-order valence-electron chi connectivity index (χ0n) is 16.1. The quantitative estimate of drug-likeness (QED) is 0.830. The van der Waals surface area contributed by atoms with Gasteiger partial charge in [-0.2, -0.15) is 0 Å². The first-order chi connectivity index (χ1) is 13.1. The third-order valence-electron chi connectivity index (χ3n) is 4.30. The van der Waals surface area contributed by atoms with E-state index in [4.69, 9.17) is 26.8 Å². The Kier molecular flexibility index (Phi) is 5.52. The number of ether oxygens (including phenoxy) is 2. The number of hydrogen-bond acceptors (Lipinski definition) is 4. The molecule has 2 amide bonds. The molecule has 0 radical (unpaired) electrons. The minimum absolute atomic E-state index is 0.245. The van der Waals surface area contributed by atoms with Crippen LogP contribution in [0.25, 0.3) is 0 Å². The van der Waals surface area contributed by atoms with Gasteiger partial charge in [0.05, 0.1) is 6.54 Å². The van der Waals surface area contributed by atoms with Crippen molar-refractivity contribution in [3.8, 4) is 11.5 Å². The Morgan fingerprint density at radius 1 is 1.11 bits per heavy atom. The first-order valence-corrected chi connectivity index (χ1v) is 9.34. The van der Waals surface area contributed by atoms with Crippen LogP contribution in [0.2, 0.25) is 5.02 Å². The molecule has 0 fully saturated rings. The fourth-order valence-electron chi connectivity index (χ4n) is 3.06. The number of hydrogen-bond donors (Lipinski definition) is 1. The van der Waals surface area contributed by atoms with E-state index < -0.39 is 23.6 Å². The Bertz CT molecular complexity index is 908. The maximum atomic E-state index is 12.5. The summed E-state index contributed by atoms with van der Waals surface area (Å²) in [7, 11) is 0. The smallest absolute Gasteiger partial charge is 0.411 e. The molecule has 0 bridgehead atoms. The summed E-state index contributed by atoms with van der Waals surface area (Å²) in [6.07, 6.45) is -0.252. The second kappa shape index (κ2) is 7.72. The highest BCUT2D eigenvalue weighted by molar-refractivity contribution is 6.30. The van der Waals surface area contributed by atoms with E-state index in [1.807, 2.05) is 24.3 Å². The summed E-state index contributed by atoms with van der Waals surface area (Å²) in [6.45, 7) is 5.58. The molecule has 1 atom stereocenters. The molecule has 0 spiro atoms. The number of benzene rings is 2. The van der Waals surface area contributed by atoms with Gasteiger partial charge in [0.15, 0.2) is 0 Å². The van der Waals surface area contributed by atoms with E-state index in [1.165, 1.54) is 4.90 Å². The number of nitrogens with zero attached hydrogens (tertiary/aromatic N) is 1. The van der Waals surface area contributed by atoms with Crippen LogP contribution in [0.5, 0.6) is 11.5 Å². The number of amides is 2. The average Bonchev–Trinajstić information content (AvgIpc) is 2.59. The highest BCUT2D eigenvalue weighted by Gasteiger charge is 2.36. The van der Waals surface area contributed by atoms with E-state index in [9.17, 15) is 9.59 Å². The molecule has 1 aliphatic rings. The van der Waals surface area contributed by atoms with Gasteiger partial charge in [0.2, 0.25) is 5.91 Å². The van der Waals surface area contributed by atoms with Crippen molar-refractivity contribution in [1.29, 1.82) is 0 Å². The second-order valence-electron chi connectivity index (χ2n) is 7.72. The standard InChI is InChI=1S/C21H23ClN2O4/c1-21(2,3)28-20(26)24-12-13-7-8-17(9-14(13)10-18(24)19(23)25)27-16-6-4-5-15(22)11-16/h4-9,11,18H,10,12H2,1-3H3,(H2,23,25). The van der Waals surface area contributed by atoms with Crippen LogP contribution >= 0.6 is 11.6 Å². The molecule has 6 nitrogen and oxygen atoms in total. The third-order valence-corrected chi connectivity index (χ3v) is 4.53. The van der Waals surface area contributed by atoms with Gasteiger partial charge < -0.3 is 15.2 Å². The molecule has 2 N–H and O–H groups in total. The van der Waals surface area contributed by atoms with Crippen LogP contribution in [0.3, 0.4) is 0 Å². The van der Waals surface area contributed by atoms with E-state index in [-0.39, 0.29) is 6.54 Å².